The standard InChI is InChI=1S/C12H14N2OS2/c1-8(12(13)16)6-14-9-4-2-3-5-10(9)17-7-11(14)15/h2-5,8H,6-7H2,1H3,(H2,13,16). The van der Waals surface area contributed by atoms with E-state index in [1.807, 2.05) is 31.2 Å². The van der Waals surface area contributed by atoms with Crippen molar-refractivity contribution in [3.63, 3.8) is 0 Å². The number of thiocarbonyl (C=S) groups is 1. The Kier molecular flexibility index (Phi) is 3.69. The summed E-state index contributed by atoms with van der Waals surface area (Å²) >= 11 is 6.54. The van der Waals surface area contributed by atoms with Gasteiger partial charge in [-0.3, -0.25) is 4.79 Å². The third kappa shape index (κ3) is 2.61. The maximum absolute atomic E-state index is 11.9. The lowest BCUT2D eigenvalue weighted by atomic mass is 10.1. The van der Waals surface area contributed by atoms with Crippen LogP contribution in [0.1, 0.15) is 6.92 Å². The summed E-state index contributed by atoms with van der Waals surface area (Å²) < 4.78 is 0. The van der Waals surface area contributed by atoms with Crippen molar-refractivity contribution in [1.29, 1.82) is 0 Å². The van der Waals surface area contributed by atoms with Crippen molar-refractivity contribution in [1.82, 2.24) is 0 Å². The molecule has 1 aromatic rings. The van der Waals surface area contributed by atoms with E-state index in [1.54, 1.807) is 16.7 Å². The fraction of sp³-hybridized carbons (Fsp3) is 0.333. The first-order chi connectivity index (χ1) is 8.09. The van der Waals surface area contributed by atoms with Crippen LogP contribution in [0.4, 0.5) is 5.69 Å². The summed E-state index contributed by atoms with van der Waals surface area (Å²) in [5, 5.41) is 0. The van der Waals surface area contributed by atoms with Crippen LogP contribution in [0.3, 0.4) is 0 Å². The number of hydrogen-bond donors (Lipinski definition) is 1. The molecule has 1 atom stereocenters. The van der Waals surface area contributed by atoms with E-state index in [0.29, 0.717) is 17.3 Å². The van der Waals surface area contributed by atoms with Crippen molar-refractivity contribution in [2.45, 2.75) is 11.8 Å². The molecule has 0 aliphatic carbocycles. The first kappa shape index (κ1) is 12.4. The number of nitrogens with two attached hydrogens (primary N) is 1. The van der Waals surface area contributed by atoms with Gasteiger partial charge in [0.15, 0.2) is 0 Å². The molecule has 2 N–H and O–H groups in total. The second-order valence-corrected chi connectivity index (χ2v) is 5.55. The van der Waals surface area contributed by atoms with E-state index in [-0.39, 0.29) is 11.8 Å². The van der Waals surface area contributed by atoms with Gasteiger partial charge < -0.3 is 10.6 Å². The smallest absolute Gasteiger partial charge is 0.237 e. The highest BCUT2D eigenvalue weighted by Crippen LogP contribution is 2.35. The number of para-hydroxylation sites is 1. The number of nitrogens with zero attached hydrogens (tertiary/aromatic N) is 1. The highest BCUT2D eigenvalue weighted by Gasteiger charge is 2.26. The summed E-state index contributed by atoms with van der Waals surface area (Å²) in [5.74, 6) is 0.642. The largest absolute Gasteiger partial charge is 0.393 e. The van der Waals surface area contributed by atoms with Gasteiger partial charge in [-0.1, -0.05) is 31.3 Å². The van der Waals surface area contributed by atoms with Crippen LogP contribution in [0, 0.1) is 5.92 Å². The average molecular weight is 266 g/mol. The monoisotopic (exact) mass is 266 g/mol. The second kappa shape index (κ2) is 5.06. The van der Waals surface area contributed by atoms with Crippen molar-refractivity contribution in [3.05, 3.63) is 24.3 Å². The maximum Gasteiger partial charge on any atom is 0.237 e. The Hall–Kier alpha value is -1.07. The number of hydrogen-bond acceptors (Lipinski definition) is 3. The summed E-state index contributed by atoms with van der Waals surface area (Å²) in [7, 11) is 0. The Morgan fingerprint density at radius 2 is 2.29 bits per heavy atom. The van der Waals surface area contributed by atoms with Crippen LogP contribution < -0.4 is 10.6 Å². The Morgan fingerprint density at radius 1 is 1.59 bits per heavy atom. The Bertz CT molecular complexity index is 462. The van der Waals surface area contributed by atoms with Crippen molar-refractivity contribution < 1.29 is 4.79 Å². The van der Waals surface area contributed by atoms with Crippen molar-refractivity contribution >= 4 is 40.6 Å². The van der Waals surface area contributed by atoms with Crippen molar-refractivity contribution in [2.75, 3.05) is 17.2 Å². The molecule has 1 unspecified atom stereocenters. The van der Waals surface area contributed by atoms with Crippen LogP contribution in [0.5, 0.6) is 0 Å². The predicted octanol–water partition coefficient (Wildman–Crippen LogP) is 2.05. The number of amides is 1. The minimum atomic E-state index is 0.0325. The molecular formula is C12H14N2OS2. The minimum Gasteiger partial charge on any atom is -0.393 e. The minimum absolute atomic E-state index is 0.0325. The van der Waals surface area contributed by atoms with Gasteiger partial charge in [-0.05, 0) is 12.1 Å². The van der Waals surface area contributed by atoms with E-state index in [1.165, 1.54) is 0 Å². The number of carbonyl (C=O) groups is 1. The molecule has 0 bridgehead atoms. The summed E-state index contributed by atoms with van der Waals surface area (Å²) in [6.45, 7) is 2.51. The van der Waals surface area contributed by atoms with Gasteiger partial charge in [-0.15, -0.1) is 11.8 Å². The summed E-state index contributed by atoms with van der Waals surface area (Å²) in [4.78, 5) is 15.3. The number of benzene rings is 1. The Morgan fingerprint density at radius 3 is 3.00 bits per heavy atom. The molecule has 90 valence electrons. The lowest BCUT2D eigenvalue weighted by Crippen LogP contribution is -2.41. The van der Waals surface area contributed by atoms with Gasteiger partial charge >= 0.3 is 0 Å². The van der Waals surface area contributed by atoms with Gasteiger partial charge in [0.25, 0.3) is 0 Å². The van der Waals surface area contributed by atoms with Crippen molar-refractivity contribution in [3.8, 4) is 0 Å². The predicted molar refractivity (Wildman–Crippen MR) is 75.5 cm³/mol. The van der Waals surface area contributed by atoms with Crippen LogP contribution >= 0.6 is 24.0 Å². The highest BCUT2D eigenvalue weighted by molar-refractivity contribution is 8.00. The molecule has 0 fully saturated rings. The molecule has 0 radical (unpaired) electrons. The SMILES string of the molecule is CC(CN1C(=O)CSc2ccccc21)C(N)=S. The van der Waals surface area contributed by atoms with E-state index < -0.39 is 0 Å². The van der Waals surface area contributed by atoms with Crippen LogP contribution in [0.25, 0.3) is 0 Å². The summed E-state index contributed by atoms with van der Waals surface area (Å²) in [6.07, 6.45) is 0. The third-order valence-electron chi connectivity index (χ3n) is 2.75. The lowest BCUT2D eigenvalue weighted by molar-refractivity contribution is -0.116. The molecule has 3 nitrogen and oxygen atoms in total. The fourth-order valence-corrected chi connectivity index (χ4v) is 2.73. The van der Waals surface area contributed by atoms with E-state index in [4.69, 9.17) is 18.0 Å². The van der Waals surface area contributed by atoms with Gasteiger partial charge in [0.2, 0.25) is 5.91 Å². The molecule has 5 heteroatoms. The molecule has 1 aromatic carbocycles. The van der Waals surface area contributed by atoms with E-state index >= 15 is 0 Å². The van der Waals surface area contributed by atoms with Crippen LogP contribution in [0.15, 0.2) is 29.2 Å². The number of fused-ring (bicyclic) bond motifs is 1. The number of rotatable bonds is 3. The Balaban J connectivity index is 2.27. The lowest BCUT2D eigenvalue weighted by Gasteiger charge is -2.30. The van der Waals surface area contributed by atoms with Gasteiger partial charge in [0.1, 0.15) is 0 Å². The molecule has 1 heterocycles. The first-order valence-electron chi connectivity index (χ1n) is 5.41. The Labute approximate surface area is 110 Å². The topological polar surface area (TPSA) is 46.3 Å². The highest BCUT2D eigenvalue weighted by atomic mass is 32.2. The molecule has 1 aliphatic heterocycles. The van der Waals surface area contributed by atoms with Gasteiger partial charge in [-0.2, -0.15) is 0 Å². The van der Waals surface area contributed by atoms with Gasteiger partial charge in [0.05, 0.1) is 16.4 Å². The second-order valence-electron chi connectivity index (χ2n) is 4.06. The molecular weight excluding hydrogens is 252 g/mol. The van der Waals surface area contributed by atoms with Crippen LogP contribution in [0.2, 0.25) is 0 Å². The molecule has 1 aliphatic rings. The summed E-state index contributed by atoms with van der Waals surface area (Å²) in [5.41, 5.74) is 6.58. The van der Waals surface area contributed by atoms with Gasteiger partial charge in [0, 0.05) is 17.4 Å². The zero-order valence-corrected chi connectivity index (χ0v) is 11.2. The molecule has 0 aromatic heterocycles. The van der Waals surface area contributed by atoms with Crippen molar-refractivity contribution in [2.24, 2.45) is 11.7 Å². The van der Waals surface area contributed by atoms with Crippen LogP contribution in [-0.2, 0) is 4.79 Å². The van der Waals surface area contributed by atoms with E-state index in [0.717, 1.165) is 10.6 Å². The van der Waals surface area contributed by atoms with Crippen LogP contribution in [-0.4, -0.2) is 23.2 Å². The summed E-state index contributed by atoms with van der Waals surface area (Å²) in [6, 6.07) is 7.92. The maximum atomic E-state index is 11.9. The molecule has 0 spiro atoms. The van der Waals surface area contributed by atoms with Gasteiger partial charge in [-0.25, -0.2) is 0 Å². The fourth-order valence-electron chi connectivity index (χ4n) is 1.72. The number of anilines is 1. The molecule has 17 heavy (non-hydrogen) atoms. The first-order valence-corrected chi connectivity index (χ1v) is 6.80. The molecule has 0 saturated heterocycles. The quantitative estimate of drug-likeness (QED) is 0.851. The zero-order valence-electron chi connectivity index (χ0n) is 9.55. The third-order valence-corrected chi connectivity index (χ3v) is 4.20. The number of thioether (sulfide) groups is 1. The average Bonchev–Trinajstić information content (AvgIpc) is 2.32. The normalized spacial score (nSPS) is 16.5. The van der Waals surface area contributed by atoms with E-state index in [2.05, 4.69) is 0 Å². The van der Waals surface area contributed by atoms with E-state index in [9.17, 15) is 4.79 Å². The molecule has 2 rings (SSSR count). The number of carbonyl (C=O) groups excluding carboxylic acids is 1. The molecule has 1 amide bonds. The molecule has 0 saturated carbocycles. The zero-order chi connectivity index (χ0) is 12.4.